The van der Waals surface area contributed by atoms with E-state index in [9.17, 15) is 9.59 Å². The van der Waals surface area contributed by atoms with Crippen molar-refractivity contribution in [1.29, 1.82) is 0 Å². The van der Waals surface area contributed by atoms with Crippen LogP contribution in [0.25, 0.3) is 0 Å². The van der Waals surface area contributed by atoms with Crippen LogP contribution < -0.4 is 0 Å². The molecule has 0 aliphatic heterocycles. The standard InChI is InChI=1S/C12H18Cl2O4/c1-3-9(13)7-17-11(15)5-6-12(16)18-8-10(14)4-2/h5-6,9-10H,3-4,7-8H2,1-2H3/b6-5-. The zero-order valence-electron chi connectivity index (χ0n) is 10.5. The van der Waals surface area contributed by atoms with Crippen molar-refractivity contribution < 1.29 is 19.1 Å². The first-order valence-electron chi connectivity index (χ1n) is 5.79. The molecule has 0 aromatic carbocycles. The van der Waals surface area contributed by atoms with E-state index in [1.54, 1.807) is 0 Å². The third-order valence-corrected chi connectivity index (χ3v) is 2.92. The minimum Gasteiger partial charge on any atom is -0.461 e. The van der Waals surface area contributed by atoms with E-state index in [0.29, 0.717) is 12.8 Å². The lowest BCUT2D eigenvalue weighted by molar-refractivity contribution is -0.140. The quantitative estimate of drug-likeness (QED) is 0.392. The van der Waals surface area contributed by atoms with Crippen molar-refractivity contribution in [2.24, 2.45) is 0 Å². The van der Waals surface area contributed by atoms with Crippen molar-refractivity contribution in [1.82, 2.24) is 0 Å². The summed E-state index contributed by atoms with van der Waals surface area (Å²) in [6.45, 7) is 4.01. The van der Waals surface area contributed by atoms with Crippen molar-refractivity contribution in [3.63, 3.8) is 0 Å². The Balaban J connectivity index is 3.85. The Kier molecular flexibility index (Phi) is 9.79. The molecule has 0 radical (unpaired) electrons. The van der Waals surface area contributed by atoms with E-state index in [-0.39, 0.29) is 24.0 Å². The smallest absolute Gasteiger partial charge is 0.331 e. The fourth-order valence-electron chi connectivity index (χ4n) is 0.813. The molecule has 0 spiro atoms. The fraction of sp³-hybridized carbons (Fsp3) is 0.667. The van der Waals surface area contributed by atoms with Crippen LogP contribution in [0.4, 0.5) is 0 Å². The van der Waals surface area contributed by atoms with Crippen molar-refractivity contribution in [3.8, 4) is 0 Å². The summed E-state index contributed by atoms with van der Waals surface area (Å²) in [6.07, 6.45) is 3.43. The second kappa shape index (κ2) is 10.2. The normalized spacial score (nSPS) is 14.2. The summed E-state index contributed by atoms with van der Waals surface area (Å²) in [5.74, 6) is -1.24. The van der Waals surface area contributed by atoms with Gasteiger partial charge in [0.15, 0.2) is 0 Å². The van der Waals surface area contributed by atoms with Gasteiger partial charge in [-0.15, -0.1) is 23.2 Å². The molecule has 0 saturated heterocycles. The summed E-state index contributed by atoms with van der Waals surface area (Å²) in [7, 11) is 0. The Morgan fingerprint density at radius 2 is 1.28 bits per heavy atom. The average Bonchev–Trinajstić information content (AvgIpc) is 2.39. The number of carbonyl (C=O) groups excluding carboxylic acids is 2. The summed E-state index contributed by atoms with van der Waals surface area (Å²) in [5, 5.41) is -0.424. The maximum Gasteiger partial charge on any atom is 0.331 e. The highest BCUT2D eigenvalue weighted by Gasteiger charge is 2.07. The first kappa shape index (κ1) is 17.3. The van der Waals surface area contributed by atoms with Crippen molar-refractivity contribution in [3.05, 3.63) is 12.2 Å². The Morgan fingerprint density at radius 3 is 1.56 bits per heavy atom. The maximum absolute atomic E-state index is 11.2. The number of halogens is 2. The third-order valence-electron chi connectivity index (χ3n) is 2.05. The third kappa shape index (κ3) is 9.31. The molecule has 2 unspecified atom stereocenters. The number of hydrogen-bond donors (Lipinski definition) is 0. The van der Waals surface area contributed by atoms with Gasteiger partial charge in [0, 0.05) is 12.2 Å². The van der Waals surface area contributed by atoms with Gasteiger partial charge in [0.2, 0.25) is 0 Å². The largest absolute Gasteiger partial charge is 0.461 e. The molecule has 18 heavy (non-hydrogen) atoms. The van der Waals surface area contributed by atoms with Gasteiger partial charge < -0.3 is 9.47 Å². The average molecular weight is 297 g/mol. The van der Waals surface area contributed by atoms with Crippen LogP contribution in [-0.4, -0.2) is 35.9 Å². The number of ether oxygens (including phenoxy) is 2. The van der Waals surface area contributed by atoms with E-state index < -0.39 is 11.9 Å². The second-order valence-electron chi connectivity index (χ2n) is 3.60. The molecular formula is C12H18Cl2O4. The number of esters is 2. The Labute approximate surface area is 117 Å². The lowest BCUT2D eigenvalue weighted by Gasteiger charge is -2.06. The zero-order chi connectivity index (χ0) is 14.0. The lowest BCUT2D eigenvalue weighted by Crippen LogP contribution is -2.13. The van der Waals surface area contributed by atoms with Gasteiger partial charge in [0.05, 0.1) is 10.8 Å². The molecule has 0 saturated carbocycles. The number of carbonyl (C=O) groups is 2. The van der Waals surface area contributed by atoms with Crippen LogP contribution in [-0.2, 0) is 19.1 Å². The molecule has 6 heteroatoms. The summed E-state index contributed by atoms with van der Waals surface area (Å²) < 4.78 is 9.60. The topological polar surface area (TPSA) is 52.6 Å². The molecular weight excluding hydrogens is 279 g/mol. The highest BCUT2D eigenvalue weighted by molar-refractivity contribution is 6.21. The molecule has 0 N–H and O–H groups in total. The van der Waals surface area contributed by atoms with Crippen molar-refractivity contribution in [2.75, 3.05) is 13.2 Å². The lowest BCUT2D eigenvalue weighted by atomic mass is 10.3. The molecule has 0 bridgehead atoms. The van der Waals surface area contributed by atoms with Crippen LogP contribution in [0.1, 0.15) is 26.7 Å². The van der Waals surface area contributed by atoms with E-state index in [4.69, 9.17) is 32.7 Å². The minimum absolute atomic E-state index is 0.121. The number of alkyl halides is 2. The summed E-state index contributed by atoms with van der Waals surface area (Å²) in [6, 6.07) is 0. The van der Waals surface area contributed by atoms with E-state index in [1.807, 2.05) is 13.8 Å². The van der Waals surface area contributed by atoms with E-state index in [1.165, 1.54) is 0 Å². The highest BCUT2D eigenvalue weighted by atomic mass is 35.5. The van der Waals surface area contributed by atoms with E-state index in [2.05, 4.69) is 0 Å². The van der Waals surface area contributed by atoms with Gasteiger partial charge in [0.25, 0.3) is 0 Å². The number of rotatable bonds is 8. The fourth-order valence-corrected chi connectivity index (χ4v) is 0.939. The van der Waals surface area contributed by atoms with Gasteiger partial charge >= 0.3 is 11.9 Å². The maximum atomic E-state index is 11.2. The summed E-state index contributed by atoms with van der Waals surface area (Å²) in [4.78, 5) is 22.3. The van der Waals surface area contributed by atoms with Crippen LogP contribution >= 0.6 is 23.2 Å². The Hall–Kier alpha value is -0.740. The molecule has 0 amide bonds. The van der Waals surface area contributed by atoms with E-state index in [0.717, 1.165) is 12.2 Å². The van der Waals surface area contributed by atoms with Gasteiger partial charge in [-0.3, -0.25) is 0 Å². The van der Waals surface area contributed by atoms with Gasteiger partial charge in [-0.05, 0) is 12.8 Å². The van der Waals surface area contributed by atoms with Gasteiger partial charge in [-0.2, -0.15) is 0 Å². The molecule has 0 fully saturated rings. The van der Waals surface area contributed by atoms with Crippen molar-refractivity contribution in [2.45, 2.75) is 37.4 Å². The van der Waals surface area contributed by atoms with Crippen LogP contribution in [0, 0.1) is 0 Å². The van der Waals surface area contributed by atoms with Crippen LogP contribution in [0.5, 0.6) is 0 Å². The monoisotopic (exact) mass is 296 g/mol. The Morgan fingerprint density at radius 1 is 0.944 bits per heavy atom. The molecule has 0 aromatic heterocycles. The molecule has 0 aliphatic rings. The molecule has 2 atom stereocenters. The predicted octanol–water partition coefficient (Wildman–Crippen LogP) is 2.66. The van der Waals surface area contributed by atoms with Gasteiger partial charge in [-0.25, -0.2) is 9.59 Å². The van der Waals surface area contributed by atoms with E-state index >= 15 is 0 Å². The van der Waals surface area contributed by atoms with Crippen LogP contribution in [0.15, 0.2) is 12.2 Å². The summed E-state index contributed by atoms with van der Waals surface area (Å²) in [5.41, 5.74) is 0. The van der Waals surface area contributed by atoms with Crippen molar-refractivity contribution >= 4 is 35.1 Å². The first-order chi connectivity index (χ1) is 8.49. The molecule has 0 aliphatic carbocycles. The minimum atomic E-state index is -0.621. The highest BCUT2D eigenvalue weighted by Crippen LogP contribution is 2.02. The molecule has 0 rings (SSSR count). The molecule has 4 nitrogen and oxygen atoms in total. The SMILES string of the molecule is CCC(Cl)COC(=O)/C=C\C(=O)OCC(Cl)CC. The first-order valence-corrected chi connectivity index (χ1v) is 6.66. The summed E-state index contributed by atoms with van der Waals surface area (Å²) >= 11 is 11.5. The molecule has 0 aromatic rings. The van der Waals surface area contributed by atoms with Crippen LogP contribution in [0.2, 0.25) is 0 Å². The molecule has 0 heterocycles. The van der Waals surface area contributed by atoms with Gasteiger partial charge in [0.1, 0.15) is 13.2 Å². The van der Waals surface area contributed by atoms with Gasteiger partial charge in [-0.1, -0.05) is 13.8 Å². The molecule has 104 valence electrons. The van der Waals surface area contributed by atoms with Crippen LogP contribution in [0.3, 0.4) is 0 Å². The second-order valence-corrected chi connectivity index (χ2v) is 4.84. The Bertz CT molecular complexity index is 264. The number of hydrogen-bond acceptors (Lipinski definition) is 4. The zero-order valence-corrected chi connectivity index (χ0v) is 12.0. The predicted molar refractivity (Wildman–Crippen MR) is 70.9 cm³/mol.